The van der Waals surface area contributed by atoms with E-state index in [0.717, 1.165) is 24.5 Å². The Hall–Kier alpha value is -1.82. The Balaban J connectivity index is 1.65. The molecule has 2 aromatic rings. The molecule has 0 saturated carbocycles. The number of thioether (sulfide) groups is 1. The Morgan fingerprint density at radius 2 is 2.05 bits per heavy atom. The summed E-state index contributed by atoms with van der Waals surface area (Å²) in [6, 6.07) is 6.19. The van der Waals surface area contributed by atoms with E-state index in [-0.39, 0.29) is 11.9 Å². The quantitative estimate of drug-likeness (QED) is 0.645. The predicted octanol–water partition coefficient (Wildman–Crippen LogP) is 2.59. The van der Waals surface area contributed by atoms with Crippen LogP contribution in [0, 0.1) is 13.8 Å². The molecule has 0 radical (unpaired) electrons. The highest BCUT2D eigenvalue weighted by Crippen LogP contribution is 2.26. The van der Waals surface area contributed by atoms with Crippen molar-refractivity contribution in [1.29, 1.82) is 0 Å². The summed E-state index contributed by atoms with van der Waals surface area (Å²) < 4.78 is 2.22. The van der Waals surface area contributed by atoms with Gasteiger partial charge in [0.15, 0.2) is 5.16 Å². The minimum absolute atomic E-state index is 0.122. The standard InChI is InChI=1S/C16H20N4OS/c1-11-9-12(2)18-16(17-11)22-10-15(21)20-8-7-19-6-4-5-14(19)13(20)3/h4-6,9,13H,7-8,10H2,1-3H3/t13-/m1/s1. The first kappa shape index (κ1) is 15.1. The molecule has 0 N–H and O–H groups in total. The third kappa shape index (κ3) is 3.02. The van der Waals surface area contributed by atoms with Gasteiger partial charge in [-0.1, -0.05) is 11.8 Å². The van der Waals surface area contributed by atoms with Crippen molar-refractivity contribution in [2.75, 3.05) is 12.3 Å². The zero-order valence-electron chi connectivity index (χ0n) is 13.1. The maximum atomic E-state index is 12.5. The molecule has 1 atom stereocenters. The van der Waals surface area contributed by atoms with Gasteiger partial charge in [0, 0.05) is 36.4 Å². The van der Waals surface area contributed by atoms with Crippen molar-refractivity contribution in [3.63, 3.8) is 0 Å². The van der Waals surface area contributed by atoms with Gasteiger partial charge < -0.3 is 9.47 Å². The number of nitrogens with zero attached hydrogens (tertiary/aromatic N) is 4. The summed E-state index contributed by atoms with van der Waals surface area (Å²) in [5, 5.41) is 0.680. The van der Waals surface area contributed by atoms with Crippen LogP contribution < -0.4 is 0 Å². The van der Waals surface area contributed by atoms with Gasteiger partial charge in [-0.05, 0) is 39.0 Å². The number of aromatic nitrogens is 3. The van der Waals surface area contributed by atoms with Crippen LogP contribution in [-0.2, 0) is 11.3 Å². The van der Waals surface area contributed by atoms with E-state index in [2.05, 4.69) is 33.7 Å². The third-order valence-electron chi connectivity index (χ3n) is 3.95. The summed E-state index contributed by atoms with van der Waals surface area (Å²) in [6.45, 7) is 7.60. The molecule has 2 aromatic heterocycles. The highest BCUT2D eigenvalue weighted by atomic mass is 32.2. The number of hydrogen-bond acceptors (Lipinski definition) is 4. The van der Waals surface area contributed by atoms with Crippen molar-refractivity contribution in [1.82, 2.24) is 19.4 Å². The average Bonchev–Trinajstić information content (AvgIpc) is 2.93. The van der Waals surface area contributed by atoms with E-state index in [4.69, 9.17) is 0 Å². The summed E-state index contributed by atoms with van der Waals surface area (Å²) in [5.74, 6) is 0.529. The van der Waals surface area contributed by atoms with Crippen molar-refractivity contribution in [3.8, 4) is 0 Å². The van der Waals surface area contributed by atoms with Gasteiger partial charge in [0.2, 0.25) is 5.91 Å². The van der Waals surface area contributed by atoms with Gasteiger partial charge in [-0.3, -0.25) is 4.79 Å². The summed E-state index contributed by atoms with van der Waals surface area (Å²) >= 11 is 1.42. The first-order valence-electron chi connectivity index (χ1n) is 7.44. The number of carbonyl (C=O) groups is 1. The van der Waals surface area contributed by atoms with Crippen LogP contribution in [0.15, 0.2) is 29.6 Å². The summed E-state index contributed by atoms with van der Waals surface area (Å²) in [7, 11) is 0. The molecule has 5 nitrogen and oxygen atoms in total. The lowest BCUT2D eigenvalue weighted by molar-refractivity contribution is -0.131. The second-order valence-electron chi connectivity index (χ2n) is 5.61. The van der Waals surface area contributed by atoms with E-state index in [0.29, 0.717) is 10.9 Å². The molecule has 3 rings (SSSR count). The number of amides is 1. The van der Waals surface area contributed by atoms with E-state index in [9.17, 15) is 4.79 Å². The molecule has 0 saturated heterocycles. The Kier molecular flexibility index (Phi) is 4.20. The molecule has 1 amide bonds. The molecule has 22 heavy (non-hydrogen) atoms. The van der Waals surface area contributed by atoms with E-state index >= 15 is 0 Å². The molecular weight excluding hydrogens is 296 g/mol. The number of fused-ring (bicyclic) bond motifs is 1. The lowest BCUT2D eigenvalue weighted by Gasteiger charge is -2.34. The van der Waals surface area contributed by atoms with E-state index in [1.54, 1.807) is 0 Å². The average molecular weight is 316 g/mol. The molecule has 0 aromatic carbocycles. The zero-order valence-corrected chi connectivity index (χ0v) is 13.9. The van der Waals surface area contributed by atoms with Crippen LogP contribution in [0.25, 0.3) is 0 Å². The Morgan fingerprint density at radius 1 is 1.32 bits per heavy atom. The van der Waals surface area contributed by atoms with E-state index < -0.39 is 0 Å². The fourth-order valence-corrected chi connectivity index (χ4v) is 3.72. The lowest BCUT2D eigenvalue weighted by Crippen LogP contribution is -2.41. The largest absolute Gasteiger partial charge is 0.348 e. The van der Waals surface area contributed by atoms with Gasteiger partial charge in [0.05, 0.1) is 11.8 Å². The summed E-state index contributed by atoms with van der Waals surface area (Å²) in [4.78, 5) is 23.2. The summed E-state index contributed by atoms with van der Waals surface area (Å²) in [5.41, 5.74) is 3.07. The van der Waals surface area contributed by atoms with Crippen molar-refractivity contribution in [2.45, 2.75) is 38.5 Å². The van der Waals surface area contributed by atoms with E-state index in [1.165, 1.54) is 17.5 Å². The van der Waals surface area contributed by atoms with Crippen molar-refractivity contribution >= 4 is 17.7 Å². The smallest absolute Gasteiger partial charge is 0.233 e. The van der Waals surface area contributed by atoms with Crippen molar-refractivity contribution in [2.24, 2.45) is 0 Å². The van der Waals surface area contributed by atoms with Crippen molar-refractivity contribution < 1.29 is 4.79 Å². The van der Waals surface area contributed by atoms with Crippen LogP contribution in [0.4, 0.5) is 0 Å². The van der Waals surface area contributed by atoms with Crippen molar-refractivity contribution in [3.05, 3.63) is 41.5 Å². The van der Waals surface area contributed by atoms with Crippen LogP contribution in [0.2, 0.25) is 0 Å². The maximum Gasteiger partial charge on any atom is 0.233 e. The highest BCUT2D eigenvalue weighted by Gasteiger charge is 2.27. The molecule has 116 valence electrons. The van der Waals surface area contributed by atoms with Gasteiger partial charge in [-0.15, -0.1) is 0 Å². The molecule has 6 heteroatoms. The molecule has 0 bridgehead atoms. The fraction of sp³-hybridized carbons (Fsp3) is 0.438. The van der Waals surface area contributed by atoms with E-state index in [1.807, 2.05) is 30.9 Å². The number of aryl methyl sites for hydroxylation is 2. The molecule has 1 aliphatic rings. The van der Waals surface area contributed by atoms with Gasteiger partial charge in [0.25, 0.3) is 0 Å². The predicted molar refractivity (Wildman–Crippen MR) is 86.8 cm³/mol. The highest BCUT2D eigenvalue weighted by molar-refractivity contribution is 7.99. The fourth-order valence-electron chi connectivity index (χ4n) is 2.89. The van der Waals surface area contributed by atoms with Crippen LogP contribution in [0.3, 0.4) is 0 Å². The second kappa shape index (κ2) is 6.12. The molecule has 0 spiro atoms. The molecule has 1 aliphatic heterocycles. The van der Waals surface area contributed by atoms with Gasteiger partial charge in [-0.25, -0.2) is 9.97 Å². The lowest BCUT2D eigenvalue weighted by atomic mass is 10.1. The molecule has 0 unspecified atom stereocenters. The Bertz CT molecular complexity index is 677. The number of hydrogen-bond donors (Lipinski definition) is 0. The topological polar surface area (TPSA) is 51.0 Å². The number of rotatable bonds is 3. The van der Waals surface area contributed by atoms with Crippen LogP contribution in [0.5, 0.6) is 0 Å². The molecule has 0 fully saturated rings. The van der Waals surface area contributed by atoms with Gasteiger partial charge >= 0.3 is 0 Å². The third-order valence-corrected chi connectivity index (χ3v) is 4.78. The van der Waals surface area contributed by atoms with Crippen LogP contribution in [-0.4, -0.2) is 37.6 Å². The molecule has 0 aliphatic carbocycles. The van der Waals surface area contributed by atoms with Gasteiger partial charge in [0.1, 0.15) is 0 Å². The summed E-state index contributed by atoms with van der Waals surface area (Å²) in [6.07, 6.45) is 2.08. The van der Waals surface area contributed by atoms with Crippen LogP contribution in [0.1, 0.15) is 30.0 Å². The Labute approximate surface area is 134 Å². The minimum atomic E-state index is 0.122. The monoisotopic (exact) mass is 316 g/mol. The first-order valence-corrected chi connectivity index (χ1v) is 8.43. The van der Waals surface area contributed by atoms with Gasteiger partial charge in [-0.2, -0.15) is 0 Å². The molecular formula is C16H20N4OS. The molecule has 3 heterocycles. The maximum absolute atomic E-state index is 12.5. The van der Waals surface area contributed by atoms with Crippen LogP contribution >= 0.6 is 11.8 Å². The minimum Gasteiger partial charge on any atom is -0.348 e. The second-order valence-corrected chi connectivity index (χ2v) is 6.55. The first-order chi connectivity index (χ1) is 10.5. The SMILES string of the molecule is Cc1cc(C)nc(SCC(=O)N2CCn3cccc3[C@H]2C)n1. The zero-order chi connectivity index (χ0) is 15.7. The Morgan fingerprint density at radius 3 is 2.77 bits per heavy atom. The number of carbonyl (C=O) groups excluding carboxylic acids is 1. The normalized spacial score (nSPS) is 17.4.